The van der Waals surface area contributed by atoms with Crippen LogP contribution in [-0.2, 0) is 9.59 Å². The summed E-state index contributed by atoms with van der Waals surface area (Å²) in [4.78, 5) is 26.2. The molecule has 1 saturated heterocycles. The van der Waals surface area contributed by atoms with Crippen LogP contribution in [0, 0.1) is 5.92 Å². The van der Waals surface area contributed by atoms with Crippen molar-refractivity contribution in [2.24, 2.45) is 5.92 Å². The van der Waals surface area contributed by atoms with Crippen LogP contribution in [0.1, 0.15) is 44.9 Å². The summed E-state index contributed by atoms with van der Waals surface area (Å²) >= 11 is 2.05. The lowest BCUT2D eigenvalue weighted by Crippen LogP contribution is -2.33. The predicted molar refractivity (Wildman–Crippen MR) is 106 cm³/mol. The molecule has 2 amide bonds. The Morgan fingerprint density at radius 1 is 1.19 bits per heavy atom. The van der Waals surface area contributed by atoms with Crippen LogP contribution in [0.25, 0.3) is 0 Å². The molecule has 26 heavy (non-hydrogen) atoms. The summed E-state index contributed by atoms with van der Waals surface area (Å²) in [6, 6.07) is 6.52. The van der Waals surface area contributed by atoms with Crippen LogP contribution in [0.3, 0.4) is 0 Å². The zero-order valence-electron chi connectivity index (χ0n) is 15.2. The number of rotatable bonds is 7. The fourth-order valence-electron chi connectivity index (χ4n) is 3.68. The van der Waals surface area contributed by atoms with Gasteiger partial charge in [0.15, 0.2) is 0 Å². The van der Waals surface area contributed by atoms with Crippen molar-refractivity contribution < 1.29 is 14.7 Å². The summed E-state index contributed by atoms with van der Waals surface area (Å²) in [7, 11) is 0. The molecule has 1 aliphatic heterocycles. The minimum Gasteiger partial charge on any atom is -0.508 e. The Kier molecular flexibility index (Phi) is 6.83. The largest absolute Gasteiger partial charge is 0.508 e. The van der Waals surface area contributed by atoms with Crippen LogP contribution in [0.4, 0.5) is 5.69 Å². The number of hydrogen-bond donors (Lipinski definition) is 2. The molecule has 1 saturated carbocycles. The van der Waals surface area contributed by atoms with Gasteiger partial charge in [0.05, 0.1) is 5.92 Å². The maximum atomic E-state index is 12.3. The van der Waals surface area contributed by atoms with Crippen molar-refractivity contribution >= 4 is 29.3 Å². The minimum atomic E-state index is -0.290. The number of hydrogen-bond acceptors (Lipinski definition) is 4. The van der Waals surface area contributed by atoms with Gasteiger partial charge >= 0.3 is 0 Å². The second-order valence-electron chi connectivity index (χ2n) is 7.20. The first-order valence-electron chi connectivity index (χ1n) is 9.62. The quantitative estimate of drug-likeness (QED) is 0.716. The number of nitrogens with zero attached hydrogens (tertiary/aromatic N) is 1. The average molecular weight is 377 g/mol. The molecule has 1 aromatic rings. The molecule has 6 heteroatoms. The Labute approximate surface area is 159 Å². The lowest BCUT2D eigenvalue weighted by Gasteiger charge is -2.21. The lowest BCUT2D eigenvalue weighted by atomic mass is 10.0. The number of anilines is 1. The van der Waals surface area contributed by atoms with Gasteiger partial charge in [0.2, 0.25) is 11.8 Å². The molecule has 1 aliphatic carbocycles. The molecule has 142 valence electrons. The van der Waals surface area contributed by atoms with Crippen molar-refractivity contribution in [3.63, 3.8) is 0 Å². The molecule has 2 aliphatic rings. The summed E-state index contributed by atoms with van der Waals surface area (Å²) in [6.45, 7) is 1.09. The smallest absolute Gasteiger partial charge is 0.227 e. The number of amides is 2. The first-order valence-corrected chi connectivity index (χ1v) is 10.7. The molecule has 2 fully saturated rings. The van der Waals surface area contributed by atoms with Crippen LogP contribution < -0.4 is 10.2 Å². The fraction of sp³-hybridized carbons (Fsp3) is 0.600. The number of carbonyl (C=O) groups excluding carboxylic acids is 2. The van der Waals surface area contributed by atoms with E-state index in [0.717, 1.165) is 23.1 Å². The summed E-state index contributed by atoms with van der Waals surface area (Å²) in [5.74, 6) is 0.905. The highest BCUT2D eigenvalue weighted by molar-refractivity contribution is 7.99. The Balaban J connectivity index is 1.37. The monoisotopic (exact) mass is 376 g/mol. The zero-order chi connectivity index (χ0) is 18.4. The van der Waals surface area contributed by atoms with E-state index in [4.69, 9.17) is 0 Å². The third-order valence-corrected chi connectivity index (χ3v) is 6.65. The number of carbonyl (C=O) groups is 2. The molecule has 5 nitrogen and oxygen atoms in total. The number of nitrogens with one attached hydrogen (secondary N) is 1. The third-order valence-electron chi connectivity index (χ3n) is 5.18. The summed E-state index contributed by atoms with van der Waals surface area (Å²) in [5, 5.41) is 13.2. The second-order valence-corrected chi connectivity index (χ2v) is 8.61. The topological polar surface area (TPSA) is 69.6 Å². The molecular formula is C20H28N2O3S. The number of thioether (sulfide) groups is 1. The predicted octanol–water partition coefficient (Wildman–Crippen LogP) is 3.32. The molecule has 3 rings (SSSR count). The minimum absolute atomic E-state index is 0.0257. The fourth-order valence-corrected chi connectivity index (χ4v) is 4.99. The van der Waals surface area contributed by atoms with Crippen molar-refractivity contribution in [2.45, 2.75) is 50.2 Å². The van der Waals surface area contributed by atoms with E-state index in [0.29, 0.717) is 13.1 Å². The van der Waals surface area contributed by atoms with Gasteiger partial charge in [-0.05, 0) is 49.3 Å². The van der Waals surface area contributed by atoms with Crippen molar-refractivity contribution in [3.05, 3.63) is 24.3 Å². The van der Waals surface area contributed by atoms with Crippen molar-refractivity contribution in [3.8, 4) is 5.75 Å². The average Bonchev–Trinajstić information content (AvgIpc) is 3.05. The molecule has 1 unspecified atom stereocenters. The number of aromatic hydroxyl groups is 1. The normalized spacial score (nSPS) is 21.2. The first kappa shape index (κ1) is 19.1. The van der Waals surface area contributed by atoms with Gasteiger partial charge in [-0.2, -0.15) is 11.8 Å². The van der Waals surface area contributed by atoms with Crippen molar-refractivity contribution in [1.82, 2.24) is 5.32 Å². The molecule has 2 N–H and O–H groups in total. The summed E-state index contributed by atoms with van der Waals surface area (Å²) < 4.78 is 0. The molecule has 0 aromatic heterocycles. The molecule has 1 heterocycles. The van der Waals surface area contributed by atoms with Gasteiger partial charge in [0.25, 0.3) is 0 Å². The number of phenols is 1. The van der Waals surface area contributed by atoms with Crippen LogP contribution in [0.15, 0.2) is 24.3 Å². The van der Waals surface area contributed by atoms with Gasteiger partial charge in [-0.1, -0.05) is 19.3 Å². The van der Waals surface area contributed by atoms with E-state index in [1.54, 1.807) is 29.2 Å². The van der Waals surface area contributed by atoms with Gasteiger partial charge in [-0.15, -0.1) is 0 Å². The van der Waals surface area contributed by atoms with Gasteiger partial charge in [0.1, 0.15) is 5.75 Å². The SMILES string of the molecule is O=C(NCCCSC1CCCCC1)C1CC(=O)N(c2ccc(O)cc2)C1. The van der Waals surface area contributed by atoms with E-state index >= 15 is 0 Å². The lowest BCUT2D eigenvalue weighted by molar-refractivity contribution is -0.126. The maximum Gasteiger partial charge on any atom is 0.227 e. The van der Waals surface area contributed by atoms with E-state index < -0.39 is 0 Å². The summed E-state index contributed by atoms with van der Waals surface area (Å²) in [6.07, 6.45) is 8.03. The highest BCUT2D eigenvalue weighted by Gasteiger charge is 2.34. The van der Waals surface area contributed by atoms with E-state index in [1.165, 1.54) is 32.1 Å². The first-order chi connectivity index (χ1) is 12.6. The Morgan fingerprint density at radius 2 is 1.92 bits per heavy atom. The Morgan fingerprint density at radius 3 is 2.65 bits per heavy atom. The highest BCUT2D eigenvalue weighted by atomic mass is 32.2. The Bertz CT molecular complexity index is 614. The number of phenolic OH excluding ortho intramolecular Hbond substituents is 1. The van der Waals surface area contributed by atoms with E-state index in [1.807, 2.05) is 11.8 Å². The molecule has 1 aromatic carbocycles. The number of benzene rings is 1. The highest BCUT2D eigenvalue weighted by Crippen LogP contribution is 2.29. The van der Waals surface area contributed by atoms with Gasteiger partial charge in [-0.3, -0.25) is 9.59 Å². The zero-order valence-corrected chi connectivity index (χ0v) is 16.0. The second kappa shape index (κ2) is 9.31. The van der Waals surface area contributed by atoms with Crippen molar-refractivity contribution in [1.29, 1.82) is 0 Å². The summed E-state index contributed by atoms with van der Waals surface area (Å²) in [5.41, 5.74) is 0.729. The van der Waals surface area contributed by atoms with Crippen LogP contribution in [-0.4, -0.2) is 41.0 Å². The molecular weight excluding hydrogens is 348 g/mol. The van der Waals surface area contributed by atoms with Gasteiger partial charge in [-0.25, -0.2) is 0 Å². The molecule has 0 radical (unpaired) electrons. The van der Waals surface area contributed by atoms with Crippen LogP contribution in [0.2, 0.25) is 0 Å². The van der Waals surface area contributed by atoms with Gasteiger partial charge in [0, 0.05) is 30.4 Å². The molecule has 0 spiro atoms. The molecule has 0 bridgehead atoms. The van der Waals surface area contributed by atoms with E-state index in [2.05, 4.69) is 5.32 Å². The van der Waals surface area contributed by atoms with Gasteiger partial charge < -0.3 is 15.3 Å². The standard InChI is InChI=1S/C20H28N2O3S/c23-17-9-7-16(8-10-17)22-14-15(13-19(22)24)20(25)21-11-4-12-26-18-5-2-1-3-6-18/h7-10,15,18,23H,1-6,11-14H2,(H,21,25). The third kappa shape index (κ3) is 5.16. The van der Waals surface area contributed by atoms with Crippen LogP contribution in [0.5, 0.6) is 5.75 Å². The van der Waals surface area contributed by atoms with E-state index in [9.17, 15) is 14.7 Å². The Hall–Kier alpha value is -1.69. The van der Waals surface area contributed by atoms with E-state index in [-0.39, 0.29) is 29.9 Å². The van der Waals surface area contributed by atoms with Crippen LogP contribution >= 0.6 is 11.8 Å². The van der Waals surface area contributed by atoms with Crippen molar-refractivity contribution in [2.75, 3.05) is 23.7 Å². The molecule has 1 atom stereocenters. The maximum absolute atomic E-state index is 12.3.